The lowest BCUT2D eigenvalue weighted by Gasteiger charge is -2.19. The summed E-state index contributed by atoms with van der Waals surface area (Å²) in [6, 6.07) is 4.84. The lowest BCUT2D eigenvalue weighted by molar-refractivity contribution is -0.138. The number of hydrogen-bond acceptors (Lipinski definition) is 1. The van der Waals surface area contributed by atoms with E-state index in [0.717, 1.165) is 12.6 Å². The second-order valence-corrected chi connectivity index (χ2v) is 4.71. The first-order valence-corrected chi connectivity index (χ1v) is 5.58. The lowest BCUT2D eigenvalue weighted by atomic mass is 10.1. The van der Waals surface area contributed by atoms with Gasteiger partial charge in [0.25, 0.3) is 5.91 Å². The van der Waals surface area contributed by atoms with Crippen molar-refractivity contribution in [2.75, 3.05) is 13.6 Å². The first-order chi connectivity index (χ1) is 7.69. The van der Waals surface area contributed by atoms with Crippen molar-refractivity contribution in [2.45, 2.75) is 13.1 Å². The van der Waals surface area contributed by atoms with Crippen LogP contribution in [0.25, 0.3) is 0 Å². The Morgan fingerprint density at radius 3 is 2.41 bits per heavy atom. The summed E-state index contributed by atoms with van der Waals surface area (Å²) in [5, 5.41) is 0. The molecule has 0 aliphatic rings. The molecule has 0 bridgehead atoms. The van der Waals surface area contributed by atoms with Crippen LogP contribution in [-0.2, 0) is 0 Å². The minimum atomic E-state index is -4.38. The molecule has 0 aliphatic heterocycles. The Labute approximate surface area is 106 Å². The maximum atomic E-state index is 12.1. The highest BCUT2D eigenvalue weighted by Crippen LogP contribution is 2.19. The van der Waals surface area contributed by atoms with Crippen molar-refractivity contribution in [3.63, 3.8) is 0 Å². The van der Waals surface area contributed by atoms with Gasteiger partial charge in [-0.1, -0.05) is 15.9 Å². The highest BCUT2D eigenvalue weighted by atomic mass is 79.9. The van der Waals surface area contributed by atoms with Crippen molar-refractivity contribution in [3.05, 3.63) is 33.8 Å². The lowest BCUT2D eigenvalue weighted by Crippen LogP contribution is -2.35. The Kier molecular flexibility index (Phi) is 4.19. The van der Waals surface area contributed by atoms with Gasteiger partial charge in [0, 0.05) is 17.1 Å². The molecule has 0 aliphatic carbocycles. The molecule has 0 unspecified atom stereocenters. The number of carbonyl (C=O) groups excluding carboxylic acids is 1. The van der Waals surface area contributed by atoms with Crippen LogP contribution < -0.4 is 0 Å². The van der Waals surface area contributed by atoms with Gasteiger partial charge >= 0.3 is 6.18 Å². The number of carbonyl (C=O) groups is 1. The Bertz CT molecular complexity index is 411. The summed E-state index contributed by atoms with van der Waals surface area (Å²) in [7, 11) is 1.13. The van der Waals surface area contributed by atoms with Gasteiger partial charge in [-0.25, -0.2) is 0 Å². The molecule has 0 fully saturated rings. The summed E-state index contributed by atoms with van der Waals surface area (Å²) in [6.45, 7) is 0.517. The quantitative estimate of drug-likeness (QED) is 0.820. The van der Waals surface area contributed by atoms with E-state index in [9.17, 15) is 18.0 Å². The molecule has 0 atom stereocenters. The molecule has 0 spiro atoms. The maximum Gasteiger partial charge on any atom is 0.406 e. The average Bonchev–Trinajstić information content (AvgIpc) is 2.12. The largest absolute Gasteiger partial charge is 0.406 e. The van der Waals surface area contributed by atoms with Crippen LogP contribution in [0, 0.1) is 6.92 Å². The predicted octanol–water partition coefficient (Wildman–Crippen LogP) is 3.39. The molecule has 6 heteroatoms. The summed E-state index contributed by atoms with van der Waals surface area (Å²) in [5.41, 5.74) is 1.05. The van der Waals surface area contributed by atoms with Crippen molar-refractivity contribution in [1.29, 1.82) is 0 Å². The van der Waals surface area contributed by atoms with E-state index in [2.05, 4.69) is 15.9 Å². The molecule has 1 amide bonds. The van der Waals surface area contributed by atoms with Crippen molar-refractivity contribution < 1.29 is 18.0 Å². The third-order valence-corrected chi connectivity index (χ3v) is 2.51. The van der Waals surface area contributed by atoms with Gasteiger partial charge in [0.05, 0.1) is 0 Å². The molecule has 0 saturated carbocycles. The van der Waals surface area contributed by atoms with E-state index in [1.165, 1.54) is 6.07 Å². The van der Waals surface area contributed by atoms with Crippen LogP contribution in [0.3, 0.4) is 0 Å². The van der Waals surface area contributed by atoms with Crippen LogP contribution in [0.15, 0.2) is 22.7 Å². The molecular weight excluding hydrogens is 299 g/mol. The summed E-state index contributed by atoms with van der Waals surface area (Å²) in [5.74, 6) is -0.647. The van der Waals surface area contributed by atoms with E-state index in [1.54, 1.807) is 19.1 Å². The number of nitrogens with zero attached hydrogens (tertiary/aromatic N) is 1. The minimum Gasteiger partial charge on any atom is -0.333 e. The third kappa shape index (κ3) is 4.38. The monoisotopic (exact) mass is 309 g/mol. The summed E-state index contributed by atoms with van der Waals surface area (Å²) < 4.78 is 37.1. The van der Waals surface area contributed by atoms with Gasteiger partial charge in [0.2, 0.25) is 0 Å². The van der Waals surface area contributed by atoms with E-state index < -0.39 is 18.6 Å². The van der Waals surface area contributed by atoms with Gasteiger partial charge in [0.15, 0.2) is 0 Å². The van der Waals surface area contributed by atoms with Crippen molar-refractivity contribution in [1.82, 2.24) is 4.90 Å². The fourth-order valence-corrected chi connectivity index (χ4v) is 2.03. The molecule has 94 valence electrons. The number of aryl methyl sites for hydroxylation is 1. The van der Waals surface area contributed by atoms with Gasteiger partial charge in [0.1, 0.15) is 6.54 Å². The molecule has 0 saturated heterocycles. The fraction of sp³-hybridized carbons (Fsp3) is 0.364. The highest BCUT2D eigenvalue weighted by Gasteiger charge is 2.31. The molecular formula is C11H11BrF3NO. The van der Waals surface area contributed by atoms with Crippen LogP contribution in [0.5, 0.6) is 0 Å². The number of benzene rings is 1. The molecule has 17 heavy (non-hydrogen) atoms. The van der Waals surface area contributed by atoms with Gasteiger partial charge in [-0.2, -0.15) is 13.2 Å². The molecule has 0 aromatic heterocycles. The molecule has 0 heterocycles. The normalized spacial score (nSPS) is 11.4. The Hall–Kier alpha value is -1.04. The van der Waals surface area contributed by atoms with Crippen molar-refractivity contribution in [3.8, 4) is 0 Å². The Morgan fingerprint density at radius 1 is 1.35 bits per heavy atom. The van der Waals surface area contributed by atoms with E-state index >= 15 is 0 Å². The number of alkyl halides is 3. The van der Waals surface area contributed by atoms with Crippen LogP contribution in [0.1, 0.15) is 15.9 Å². The Morgan fingerprint density at radius 2 is 1.94 bits per heavy atom. The first kappa shape index (κ1) is 14.0. The second kappa shape index (κ2) is 5.08. The standard InChI is InChI=1S/C11H11BrF3NO/c1-7-3-8(5-9(12)4-7)10(17)16(2)6-11(13,14)15/h3-5H,6H2,1-2H3. The van der Waals surface area contributed by atoms with E-state index in [-0.39, 0.29) is 5.56 Å². The summed E-state index contributed by atoms with van der Waals surface area (Å²) in [6.07, 6.45) is -4.38. The smallest absolute Gasteiger partial charge is 0.333 e. The van der Waals surface area contributed by atoms with Crippen molar-refractivity contribution >= 4 is 21.8 Å². The zero-order valence-corrected chi connectivity index (χ0v) is 10.9. The van der Waals surface area contributed by atoms with Gasteiger partial charge < -0.3 is 4.90 Å². The minimum absolute atomic E-state index is 0.239. The summed E-state index contributed by atoms with van der Waals surface area (Å²) >= 11 is 3.20. The number of halogens is 4. The molecule has 0 N–H and O–H groups in total. The van der Waals surface area contributed by atoms with Gasteiger partial charge in [-0.15, -0.1) is 0 Å². The number of rotatable bonds is 2. The van der Waals surface area contributed by atoms with Crippen LogP contribution in [-0.4, -0.2) is 30.6 Å². The topological polar surface area (TPSA) is 20.3 Å². The Balaban J connectivity index is 2.89. The van der Waals surface area contributed by atoms with E-state index in [4.69, 9.17) is 0 Å². The molecule has 2 nitrogen and oxygen atoms in total. The molecule has 1 aromatic carbocycles. The van der Waals surface area contributed by atoms with Gasteiger partial charge in [-0.05, 0) is 30.7 Å². The maximum absolute atomic E-state index is 12.1. The van der Waals surface area contributed by atoms with Gasteiger partial charge in [-0.3, -0.25) is 4.79 Å². The third-order valence-electron chi connectivity index (χ3n) is 2.05. The molecule has 0 radical (unpaired) electrons. The van der Waals surface area contributed by atoms with Crippen molar-refractivity contribution in [2.24, 2.45) is 0 Å². The summed E-state index contributed by atoms with van der Waals surface area (Å²) in [4.78, 5) is 12.4. The fourth-order valence-electron chi connectivity index (χ4n) is 1.42. The predicted molar refractivity (Wildman–Crippen MR) is 61.9 cm³/mol. The van der Waals surface area contributed by atoms with Crippen LogP contribution in [0.4, 0.5) is 13.2 Å². The zero-order chi connectivity index (χ0) is 13.2. The molecule has 1 aromatic rings. The number of hydrogen-bond donors (Lipinski definition) is 0. The highest BCUT2D eigenvalue weighted by molar-refractivity contribution is 9.10. The second-order valence-electron chi connectivity index (χ2n) is 3.79. The number of amides is 1. The van der Waals surface area contributed by atoms with E-state index in [1.807, 2.05) is 0 Å². The molecule has 1 rings (SSSR count). The zero-order valence-electron chi connectivity index (χ0n) is 9.31. The van der Waals surface area contributed by atoms with Crippen LogP contribution >= 0.6 is 15.9 Å². The van der Waals surface area contributed by atoms with E-state index in [0.29, 0.717) is 9.37 Å². The van der Waals surface area contributed by atoms with Crippen LogP contribution in [0.2, 0.25) is 0 Å². The first-order valence-electron chi connectivity index (χ1n) is 4.78. The SMILES string of the molecule is Cc1cc(Br)cc(C(=O)N(C)CC(F)(F)F)c1. The average molecular weight is 310 g/mol.